The van der Waals surface area contributed by atoms with Crippen LogP contribution < -0.4 is 0 Å². The Bertz CT molecular complexity index is 746. The number of pyridine rings is 1. The van der Waals surface area contributed by atoms with Crippen LogP contribution in [0.3, 0.4) is 0 Å². The summed E-state index contributed by atoms with van der Waals surface area (Å²) in [5.41, 5.74) is 1.91. The average molecular weight is 359 g/mol. The van der Waals surface area contributed by atoms with Crippen molar-refractivity contribution in [2.45, 2.75) is 32.0 Å². The number of nitrogens with zero attached hydrogens (tertiary/aromatic N) is 3. The number of carbonyl (C=O) groups excluding carboxylic acids is 1. The molecule has 2 saturated heterocycles. The van der Waals surface area contributed by atoms with E-state index >= 15 is 0 Å². The van der Waals surface area contributed by atoms with Crippen LogP contribution in [-0.4, -0.2) is 52.9 Å². The lowest BCUT2D eigenvalue weighted by atomic mass is 10.0. The molecule has 0 aliphatic carbocycles. The minimum atomic E-state index is -0.440. The van der Waals surface area contributed by atoms with Gasteiger partial charge in [-0.15, -0.1) is 11.3 Å². The van der Waals surface area contributed by atoms with Gasteiger partial charge in [-0.2, -0.15) is 0 Å². The molecule has 0 unspecified atom stereocenters. The SMILES string of the molecule is Cc1nc(-c2cccnc2)sc1CC(=O)N1CCC2(CC1)OCCO2. The summed E-state index contributed by atoms with van der Waals surface area (Å²) in [6.45, 7) is 4.65. The molecule has 1 spiro atoms. The molecule has 0 atom stereocenters. The monoisotopic (exact) mass is 359 g/mol. The molecular weight excluding hydrogens is 338 g/mol. The standard InChI is InChI=1S/C18H21N3O3S/c1-13-15(25-17(20-13)14-3-2-6-19-12-14)11-16(22)21-7-4-18(5-8-21)23-9-10-24-18/h2-3,6,12H,4-5,7-11H2,1H3. The number of aryl methyl sites for hydroxylation is 1. The van der Waals surface area contributed by atoms with Gasteiger partial charge in [0.25, 0.3) is 0 Å². The second kappa shape index (κ2) is 6.82. The fourth-order valence-electron chi connectivity index (χ4n) is 3.34. The first-order chi connectivity index (χ1) is 12.2. The zero-order valence-corrected chi connectivity index (χ0v) is 15.1. The van der Waals surface area contributed by atoms with E-state index in [1.54, 1.807) is 23.7 Å². The largest absolute Gasteiger partial charge is 0.347 e. The minimum Gasteiger partial charge on any atom is -0.347 e. The minimum absolute atomic E-state index is 0.150. The topological polar surface area (TPSA) is 64.6 Å². The molecule has 0 aromatic carbocycles. The molecule has 0 radical (unpaired) electrons. The highest BCUT2D eigenvalue weighted by Gasteiger charge is 2.40. The lowest BCUT2D eigenvalue weighted by molar-refractivity contribution is -0.187. The number of amides is 1. The number of hydrogen-bond donors (Lipinski definition) is 0. The molecule has 2 aliphatic rings. The molecule has 7 heteroatoms. The van der Waals surface area contributed by atoms with E-state index in [0.29, 0.717) is 32.7 Å². The van der Waals surface area contributed by atoms with Gasteiger partial charge in [-0.25, -0.2) is 4.98 Å². The first-order valence-corrected chi connectivity index (χ1v) is 9.39. The van der Waals surface area contributed by atoms with E-state index in [1.165, 1.54) is 0 Å². The number of thiazole rings is 1. The van der Waals surface area contributed by atoms with Crippen molar-refractivity contribution in [2.24, 2.45) is 0 Å². The lowest BCUT2D eigenvalue weighted by Crippen LogP contribution is -2.47. The van der Waals surface area contributed by atoms with Gasteiger partial charge in [0, 0.05) is 48.8 Å². The van der Waals surface area contributed by atoms with Gasteiger partial charge in [-0.05, 0) is 19.1 Å². The summed E-state index contributed by atoms with van der Waals surface area (Å²) in [6, 6.07) is 3.89. The van der Waals surface area contributed by atoms with Gasteiger partial charge in [0.05, 0.1) is 25.3 Å². The number of ether oxygens (including phenoxy) is 2. The third-order valence-corrected chi connectivity index (χ3v) is 6.01. The van der Waals surface area contributed by atoms with E-state index in [4.69, 9.17) is 9.47 Å². The van der Waals surface area contributed by atoms with Gasteiger partial charge in [0.2, 0.25) is 5.91 Å². The Morgan fingerprint density at radius 2 is 2.08 bits per heavy atom. The Kier molecular flexibility index (Phi) is 4.54. The van der Waals surface area contributed by atoms with Crippen LogP contribution >= 0.6 is 11.3 Å². The van der Waals surface area contributed by atoms with Crippen LogP contribution in [0.2, 0.25) is 0 Å². The van der Waals surface area contributed by atoms with E-state index in [0.717, 1.165) is 34.0 Å². The normalized spacial score (nSPS) is 19.5. The predicted octanol–water partition coefficient (Wildman–Crippen LogP) is 2.42. The fourth-order valence-corrected chi connectivity index (χ4v) is 4.38. The van der Waals surface area contributed by atoms with Crippen molar-refractivity contribution in [3.05, 3.63) is 35.1 Å². The van der Waals surface area contributed by atoms with Gasteiger partial charge in [0.15, 0.2) is 5.79 Å². The second-order valence-electron chi connectivity index (χ2n) is 6.43. The Labute approximate surface area is 150 Å². The zero-order valence-electron chi connectivity index (χ0n) is 14.2. The summed E-state index contributed by atoms with van der Waals surface area (Å²) in [5.74, 6) is -0.290. The van der Waals surface area contributed by atoms with Crippen molar-refractivity contribution >= 4 is 17.2 Å². The smallest absolute Gasteiger partial charge is 0.227 e. The van der Waals surface area contributed by atoms with Crippen molar-refractivity contribution in [1.29, 1.82) is 0 Å². The molecule has 25 heavy (non-hydrogen) atoms. The number of carbonyl (C=O) groups is 1. The maximum Gasteiger partial charge on any atom is 0.227 e. The highest BCUT2D eigenvalue weighted by molar-refractivity contribution is 7.15. The van der Waals surface area contributed by atoms with E-state index in [1.807, 2.05) is 24.0 Å². The zero-order chi connectivity index (χ0) is 17.3. The Balaban J connectivity index is 1.41. The molecule has 0 saturated carbocycles. The van der Waals surface area contributed by atoms with E-state index in [2.05, 4.69) is 9.97 Å². The van der Waals surface area contributed by atoms with Crippen LogP contribution in [0.15, 0.2) is 24.5 Å². The molecule has 2 aromatic rings. The quantitative estimate of drug-likeness (QED) is 0.842. The van der Waals surface area contributed by atoms with Crippen LogP contribution in [0.25, 0.3) is 10.6 Å². The number of likely N-dealkylation sites (tertiary alicyclic amines) is 1. The molecule has 2 aliphatic heterocycles. The summed E-state index contributed by atoms with van der Waals surface area (Å²) in [7, 11) is 0. The molecule has 1 amide bonds. The Morgan fingerprint density at radius 1 is 1.32 bits per heavy atom. The number of hydrogen-bond acceptors (Lipinski definition) is 6. The average Bonchev–Trinajstić information content (AvgIpc) is 3.24. The number of piperidine rings is 1. The highest BCUT2D eigenvalue weighted by Crippen LogP contribution is 2.32. The summed E-state index contributed by atoms with van der Waals surface area (Å²) in [6.07, 6.45) is 5.45. The van der Waals surface area contributed by atoms with Gasteiger partial charge >= 0.3 is 0 Å². The van der Waals surface area contributed by atoms with Crippen molar-refractivity contribution < 1.29 is 14.3 Å². The van der Waals surface area contributed by atoms with Gasteiger partial charge in [-0.3, -0.25) is 9.78 Å². The molecule has 4 heterocycles. The second-order valence-corrected chi connectivity index (χ2v) is 7.52. The van der Waals surface area contributed by atoms with Gasteiger partial charge < -0.3 is 14.4 Å². The van der Waals surface area contributed by atoms with Crippen molar-refractivity contribution in [1.82, 2.24) is 14.9 Å². The number of aromatic nitrogens is 2. The van der Waals surface area contributed by atoms with Crippen molar-refractivity contribution in [2.75, 3.05) is 26.3 Å². The molecule has 0 bridgehead atoms. The highest BCUT2D eigenvalue weighted by atomic mass is 32.1. The third-order valence-electron chi connectivity index (χ3n) is 4.80. The summed E-state index contributed by atoms with van der Waals surface area (Å²) in [5, 5.41) is 0.916. The van der Waals surface area contributed by atoms with Gasteiger partial charge in [-0.1, -0.05) is 0 Å². The first kappa shape index (κ1) is 16.6. The van der Waals surface area contributed by atoms with Crippen LogP contribution in [0.1, 0.15) is 23.4 Å². The van der Waals surface area contributed by atoms with E-state index in [9.17, 15) is 4.79 Å². The predicted molar refractivity (Wildman–Crippen MR) is 94.2 cm³/mol. The van der Waals surface area contributed by atoms with Crippen LogP contribution in [0.5, 0.6) is 0 Å². The third kappa shape index (κ3) is 3.44. The van der Waals surface area contributed by atoms with E-state index < -0.39 is 5.79 Å². The maximum absolute atomic E-state index is 12.7. The fraction of sp³-hybridized carbons (Fsp3) is 0.500. The van der Waals surface area contributed by atoms with Crippen LogP contribution in [0.4, 0.5) is 0 Å². The van der Waals surface area contributed by atoms with Gasteiger partial charge in [0.1, 0.15) is 5.01 Å². The Morgan fingerprint density at radius 3 is 2.76 bits per heavy atom. The molecule has 2 aromatic heterocycles. The lowest BCUT2D eigenvalue weighted by Gasteiger charge is -2.37. The van der Waals surface area contributed by atoms with Crippen molar-refractivity contribution in [3.8, 4) is 10.6 Å². The summed E-state index contributed by atoms with van der Waals surface area (Å²) < 4.78 is 11.5. The molecule has 4 rings (SSSR count). The molecule has 132 valence electrons. The van der Waals surface area contributed by atoms with Crippen molar-refractivity contribution in [3.63, 3.8) is 0 Å². The molecule has 0 N–H and O–H groups in total. The number of rotatable bonds is 3. The first-order valence-electron chi connectivity index (χ1n) is 8.58. The summed E-state index contributed by atoms with van der Waals surface area (Å²) >= 11 is 1.58. The van der Waals surface area contributed by atoms with E-state index in [-0.39, 0.29) is 5.91 Å². The molecular formula is C18H21N3O3S. The summed E-state index contributed by atoms with van der Waals surface area (Å²) in [4.78, 5) is 24.4. The Hall–Kier alpha value is -1.83. The molecule has 2 fully saturated rings. The van der Waals surface area contributed by atoms with Crippen LogP contribution in [-0.2, 0) is 20.7 Å². The molecule has 6 nitrogen and oxygen atoms in total. The van der Waals surface area contributed by atoms with Crippen LogP contribution in [0, 0.1) is 6.92 Å². The maximum atomic E-state index is 12.7.